The average Bonchev–Trinajstić information content (AvgIpc) is 2.24. The number of benzene rings is 1. The van der Waals surface area contributed by atoms with Crippen LogP contribution in [0, 0.1) is 0 Å². The number of rotatable bonds is 5. The lowest BCUT2D eigenvalue weighted by Gasteiger charge is -2.23. The molecular formula is C10H16N2O3S. The topological polar surface area (TPSA) is 72.6 Å². The van der Waals surface area contributed by atoms with Crippen LogP contribution in [0.5, 0.6) is 5.75 Å². The first-order valence-electron chi connectivity index (χ1n) is 4.81. The highest BCUT2D eigenvalue weighted by Gasteiger charge is 2.19. The van der Waals surface area contributed by atoms with Gasteiger partial charge in [-0.1, -0.05) is 12.1 Å². The third-order valence-corrected chi connectivity index (χ3v) is 3.27. The van der Waals surface area contributed by atoms with Crippen molar-refractivity contribution >= 4 is 15.7 Å². The summed E-state index contributed by atoms with van der Waals surface area (Å²) < 4.78 is 29.6. The van der Waals surface area contributed by atoms with Gasteiger partial charge in [0.15, 0.2) is 0 Å². The summed E-state index contributed by atoms with van der Waals surface area (Å²) in [6.45, 7) is 0.490. The van der Waals surface area contributed by atoms with Crippen LogP contribution >= 0.6 is 0 Å². The first-order valence-corrected chi connectivity index (χ1v) is 6.66. The highest BCUT2D eigenvalue weighted by atomic mass is 32.2. The van der Waals surface area contributed by atoms with Crippen LogP contribution in [0.1, 0.15) is 0 Å². The van der Waals surface area contributed by atoms with Crippen molar-refractivity contribution in [2.75, 3.05) is 30.8 Å². The van der Waals surface area contributed by atoms with Crippen molar-refractivity contribution in [2.24, 2.45) is 5.73 Å². The molecule has 0 fully saturated rings. The molecule has 0 aromatic heterocycles. The molecule has 0 spiro atoms. The molecule has 0 amide bonds. The molecule has 0 aliphatic heterocycles. The number of ether oxygens (including phenoxy) is 1. The Bertz CT molecular complexity index is 445. The first kappa shape index (κ1) is 12.8. The molecule has 2 N–H and O–H groups in total. The molecule has 0 aliphatic carbocycles. The van der Waals surface area contributed by atoms with E-state index in [2.05, 4.69) is 0 Å². The molecule has 16 heavy (non-hydrogen) atoms. The number of anilines is 1. The van der Waals surface area contributed by atoms with Gasteiger partial charge in [-0.3, -0.25) is 4.31 Å². The van der Waals surface area contributed by atoms with Gasteiger partial charge >= 0.3 is 0 Å². The number of para-hydroxylation sites is 2. The highest BCUT2D eigenvalue weighted by molar-refractivity contribution is 7.92. The van der Waals surface area contributed by atoms with Gasteiger partial charge < -0.3 is 10.5 Å². The predicted molar refractivity (Wildman–Crippen MR) is 64.2 cm³/mol. The second-order valence-corrected chi connectivity index (χ2v) is 5.20. The highest BCUT2D eigenvalue weighted by Crippen LogP contribution is 2.28. The molecule has 5 nitrogen and oxygen atoms in total. The van der Waals surface area contributed by atoms with Crippen LogP contribution in [0.2, 0.25) is 0 Å². The monoisotopic (exact) mass is 244 g/mol. The van der Waals surface area contributed by atoms with Crippen molar-refractivity contribution in [2.45, 2.75) is 0 Å². The molecule has 0 radical (unpaired) electrons. The van der Waals surface area contributed by atoms with Crippen molar-refractivity contribution < 1.29 is 13.2 Å². The van der Waals surface area contributed by atoms with Gasteiger partial charge in [0.1, 0.15) is 5.75 Å². The fourth-order valence-electron chi connectivity index (χ4n) is 1.42. The molecule has 6 heteroatoms. The van der Waals surface area contributed by atoms with Crippen LogP contribution in [0.15, 0.2) is 24.3 Å². The van der Waals surface area contributed by atoms with E-state index in [9.17, 15) is 8.42 Å². The number of hydrogen-bond donors (Lipinski definition) is 1. The second kappa shape index (κ2) is 5.18. The van der Waals surface area contributed by atoms with Crippen molar-refractivity contribution in [3.63, 3.8) is 0 Å². The summed E-state index contributed by atoms with van der Waals surface area (Å²) in [5.41, 5.74) is 5.92. The van der Waals surface area contributed by atoms with E-state index >= 15 is 0 Å². The Morgan fingerprint density at radius 3 is 2.50 bits per heavy atom. The molecule has 0 bridgehead atoms. The largest absolute Gasteiger partial charge is 0.495 e. The van der Waals surface area contributed by atoms with Crippen LogP contribution in [0.25, 0.3) is 0 Å². The van der Waals surface area contributed by atoms with E-state index < -0.39 is 10.0 Å². The zero-order chi connectivity index (χ0) is 12.2. The normalized spacial score (nSPS) is 11.2. The Kier molecular flexibility index (Phi) is 4.14. The first-order chi connectivity index (χ1) is 7.50. The number of sulfonamides is 1. The van der Waals surface area contributed by atoms with E-state index in [0.717, 1.165) is 6.26 Å². The fraction of sp³-hybridized carbons (Fsp3) is 0.400. The fourth-order valence-corrected chi connectivity index (χ4v) is 2.36. The van der Waals surface area contributed by atoms with Gasteiger partial charge in [0, 0.05) is 13.1 Å². The Labute approximate surface area is 95.9 Å². The molecule has 1 rings (SSSR count). The molecule has 0 atom stereocenters. The van der Waals surface area contributed by atoms with E-state index in [1.165, 1.54) is 11.4 Å². The van der Waals surface area contributed by atoms with E-state index in [1.54, 1.807) is 24.3 Å². The van der Waals surface area contributed by atoms with Gasteiger partial charge in [0.2, 0.25) is 10.0 Å². The third kappa shape index (κ3) is 2.86. The molecule has 90 valence electrons. The molecule has 1 aromatic carbocycles. The van der Waals surface area contributed by atoms with Gasteiger partial charge in [-0.2, -0.15) is 0 Å². The number of hydrogen-bond acceptors (Lipinski definition) is 4. The summed E-state index contributed by atoms with van der Waals surface area (Å²) in [5.74, 6) is 0.515. The zero-order valence-electron chi connectivity index (χ0n) is 9.38. The molecule has 0 unspecified atom stereocenters. The molecule has 0 heterocycles. The maximum absolute atomic E-state index is 11.6. The second-order valence-electron chi connectivity index (χ2n) is 3.30. The summed E-state index contributed by atoms with van der Waals surface area (Å²) in [5, 5.41) is 0. The van der Waals surface area contributed by atoms with Gasteiger partial charge in [-0.25, -0.2) is 8.42 Å². The number of methoxy groups -OCH3 is 1. The Hall–Kier alpha value is -1.27. The van der Waals surface area contributed by atoms with E-state index in [1.807, 2.05) is 0 Å². The number of nitrogens with zero attached hydrogens (tertiary/aromatic N) is 1. The summed E-state index contributed by atoms with van der Waals surface area (Å²) in [6.07, 6.45) is 1.15. The Balaban J connectivity index is 3.21. The SMILES string of the molecule is COc1ccccc1N(CCN)S(C)(=O)=O. The summed E-state index contributed by atoms with van der Waals surface area (Å²) >= 11 is 0. The minimum Gasteiger partial charge on any atom is -0.495 e. The summed E-state index contributed by atoms with van der Waals surface area (Å²) in [4.78, 5) is 0. The third-order valence-electron chi connectivity index (χ3n) is 2.09. The minimum absolute atomic E-state index is 0.235. The van der Waals surface area contributed by atoms with Crippen LogP contribution in [-0.2, 0) is 10.0 Å². The minimum atomic E-state index is -3.34. The van der Waals surface area contributed by atoms with Crippen LogP contribution in [0.4, 0.5) is 5.69 Å². The molecule has 0 saturated carbocycles. The lowest BCUT2D eigenvalue weighted by Crippen LogP contribution is -2.34. The number of nitrogens with two attached hydrogens (primary N) is 1. The van der Waals surface area contributed by atoms with Crippen LogP contribution in [-0.4, -0.2) is 34.9 Å². The lowest BCUT2D eigenvalue weighted by atomic mass is 10.3. The van der Waals surface area contributed by atoms with Crippen molar-refractivity contribution in [3.05, 3.63) is 24.3 Å². The Morgan fingerprint density at radius 2 is 2.00 bits per heavy atom. The quantitative estimate of drug-likeness (QED) is 0.814. The van der Waals surface area contributed by atoms with Gasteiger partial charge in [-0.15, -0.1) is 0 Å². The zero-order valence-corrected chi connectivity index (χ0v) is 10.2. The predicted octanol–water partition coefficient (Wildman–Crippen LogP) is 0.420. The molecule has 0 aliphatic rings. The standard InChI is InChI=1S/C10H16N2O3S/c1-15-10-6-4-3-5-9(10)12(8-7-11)16(2,13)14/h3-6H,7-8,11H2,1-2H3. The Morgan fingerprint density at radius 1 is 1.38 bits per heavy atom. The molecule has 1 aromatic rings. The lowest BCUT2D eigenvalue weighted by molar-refractivity contribution is 0.415. The van der Waals surface area contributed by atoms with Crippen molar-refractivity contribution in [1.29, 1.82) is 0 Å². The van der Waals surface area contributed by atoms with Crippen molar-refractivity contribution in [3.8, 4) is 5.75 Å². The van der Waals surface area contributed by atoms with E-state index in [-0.39, 0.29) is 13.1 Å². The maximum Gasteiger partial charge on any atom is 0.232 e. The van der Waals surface area contributed by atoms with Gasteiger partial charge in [0.25, 0.3) is 0 Å². The van der Waals surface area contributed by atoms with Crippen LogP contribution in [0.3, 0.4) is 0 Å². The van der Waals surface area contributed by atoms with Gasteiger partial charge in [-0.05, 0) is 12.1 Å². The average molecular weight is 244 g/mol. The van der Waals surface area contributed by atoms with E-state index in [0.29, 0.717) is 11.4 Å². The maximum atomic E-state index is 11.6. The summed E-state index contributed by atoms with van der Waals surface area (Å²) in [7, 11) is -1.84. The molecular weight excluding hydrogens is 228 g/mol. The molecule has 0 saturated heterocycles. The summed E-state index contributed by atoms with van der Waals surface area (Å²) in [6, 6.07) is 6.94. The van der Waals surface area contributed by atoms with Gasteiger partial charge in [0.05, 0.1) is 19.1 Å². The van der Waals surface area contributed by atoms with Crippen molar-refractivity contribution in [1.82, 2.24) is 0 Å². The van der Waals surface area contributed by atoms with E-state index in [4.69, 9.17) is 10.5 Å². The van der Waals surface area contributed by atoms with Crippen LogP contribution < -0.4 is 14.8 Å². The smallest absolute Gasteiger partial charge is 0.232 e.